The maximum absolute atomic E-state index is 9.58. The summed E-state index contributed by atoms with van der Waals surface area (Å²) in [6.45, 7) is 4.12. The Morgan fingerprint density at radius 3 is 1.41 bits per heavy atom. The van der Waals surface area contributed by atoms with Gasteiger partial charge in [0.05, 0.1) is 24.0 Å². The van der Waals surface area contributed by atoms with Gasteiger partial charge in [-0.3, -0.25) is 0 Å². The molecule has 0 aromatic heterocycles. The summed E-state index contributed by atoms with van der Waals surface area (Å²) in [5, 5.41) is 19.2. The van der Waals surface area contributed by atoms with E-state index in [9.17, 15) is 10.5 Å². The quantitative estimate of drug-likeness (QED) is 0.781. The van der Waals surface area contributed by atoms with Gasteiger partial charge in [0, 0.05) is 11.8 Å². The molecule has 0 saturated heterocycles. The first-order valence-corrected chi connectivity index (χ1v) is 7.35. The third-order valence-electron chi connectivity index (χ3n) is 4.45. The van der Waals surface area contributed by atoms with Gasteiger partial charge in [0.15, 0.2) is 0 Å². The van der Waals surface area contributed by atoms with E-state index in [-0.39, 0.29) is 23.7 Å². The molecule has 3 rings (SSSR count). The lowest BCUT2D eigenvalue weighted by Gasteiger charge is -2.11. The first-order valence-electron chi connectivity index (χ1n) is 7.35. The third kappa shape index (κ3) is 2.41. The molecule has 2 aromatic rings. The van der Waals surface area contributed by atoms with E-state index in [4.69, 9.17) is 0 Å². The van der Waals surface area contributed by atoms with Gasteiger partial charge in [0.1, 0.15) is 0 Å². The van der Waals surface area contributed by atoms with Crippen LogP contribution in [0.5, 0.6) is 0 Å². The smallest absolute Gasteiger partial charge is 0.0784 e. The van der Waals surface area contributed by atoms with Crippen LogP contribution in [0.3, 0.4) is 0 Å². The molecule has 1 aliphatic carbocycles. The number of nitriles is 2. The van der Waals surface area contributed by atoms with Crippen LogP contribution in [-0.2, 0) is 0 Å². The minimum atomic E-state index is -0.224. The number of rotatable bonds is 4. The van der Waals surface area contributed by atoms with Gasteiger partial charge in [-0.05, 0) is 11.1 Å². The SMILES string of the molecule is C=C1C(C(C#N)c2ccccc2)C1C(C#N)c1ccccc1. The molecule has 22 heavy (non-hydrogen) atoms. The van der Waals surface area contributed by atoms with Gasteiger partial charge >= 0.3 is 0 Å². The topological polar surface area (TPSA) is 47.6 Å². The summed E-state index contributed by atoms with van der Waals surface area (Å²) in [5.41, 5.74) is 3.03. The zero-order chi connectivity index (χ0) is 15.5. The average molecular weight is 284 g/mol. The lowest BCUT2D eigenvalue weighted by Crippen LogP contribution is -2.05. The van der Waals surface area contributed by atoms with E-state index >= 15 is 0 Å². The van der Waals surface area contributed by atoms with Crippen molar-refractivity contribution in [3.8, 4) is 12.1 Å². The van der Waals surface area contributed by atoms with Gasteiger partial charge < -0.3 is 0 Å². The van der Waals surface area contributed by atoms with Crippen LogP contribution in [-0.4, -0.2) is 0 Å². The molecule has 0 N–H and O–H groups in total. The molecule has 2 aromatic carbocycles. The summed E-state index contributed by atoms with van der Waals surface area (Å²) in [6.07, 6.45) is 0. The highest BCUT2D eigenvalue weighted by atomic mass is 14.6. The van der Waals surface area contributed by atoms with Crippen LogP contribution in [0.25, 0.3) is 0 Å². The molecule has 1 aliphatic rings. The molecule has 2 nitrogen and oxygen atoms in total. The van der Waals surface area contributed by atoms with Crippen LogP contribution < -0.4 is 0 Å². The van der Waals surface area contributed by atoms with Crippen LogP contribution in [0.15, 0.2) is 72.8 Å². The van der Waals surface area contributed by atoms with E-state index in [0.717, 1.165) is 16.7 Å². The number of hydrogen-bond acceptors (Lipinski definition) is 2. The monoisotopic (exact) mass is 284 g/mol. The zero-order valence-electron chi connectivity index (χ0n) is 12.2. The largest absolute Gasteiger partial charge is 0.198 e. The molecule has 0 heterocycles. The van der Waals surface area contributed by atoms with Crippen LogP contribution in [0, 0.1) is 34.5 Å². The van der Waals surface area contributed by atoms with Crippen molar-refractivity contribution in [2.24, 2.45) is 11.8 Å². The van der Waals surface area contributed by atoms with Crippen molar-refractivity contribution in [1.29, 1.82) is 10.5 Å². The first kappa shape index (κ1) is 14.1. The Kier molecular flexibility index (Phi) is 3.77. The van der Waals surface area contributed by atoms with Crippen molar-refractivity contribution in [2.45, 2.75) is 11.8 Å². The minimum Gasteiger partial charge on any atom is -0.198 e. The fourth-order valence-electron chi connectivity index (χ4n) is 3.25. The second kappa shape index (κ2) is 5.88. The maximum atomic E-state index is 9.58. The molecule has 4 atom stereocenters. The summed E-state index contributed by atoms with van der Waals surface area (Å²) in [7, 11) is 0. The Balaban J connectivity index is 1.87. The van der Waals surface area contributed by atoms with Crippen molar-refractivity contribution in [1.82, 2.24) is 0 Å². The van der Waals surface area contributed by atoms with E-state index in [0.29, 0.717) is 0 Å². The zero-order valence-corrected chi connectivity index (χ0v) is 12.2. The maximum Gasteiger partial charge on any atom is 0.0784 e. The van der Waals surface area contributed by atoms with E-state index in [1.54, 1.807) is 0 Å². The summed E-state index contributed by atoms with van der Waals surface area (Å²) in [4.78, 5) is 0. The molecule has 0 bridgehead atoms. The Hall–Kier alpha value is -2.84. The predicted octanol–water partition coefficient (Wildman–Crippen LogP) is 4.40. The molecule has 106 valence electrons. The van der Waals surface area contributed by atoms with Crippen molar-refractivity contribution in [3.63, 3.8) is 0 Å². The minimum absolute atomic E-state index is 0.0669. The predicted molar refractivity (Wildman–Crippen MR) is 85.7 cm³/mol. The fraction of sp³-hybridized carbons (Fsp3) is 0.200. The van der Waals surface area contributed by atoms with Crippen molar-refractivity contribution in [3.05, 3.63) is 83.9 Å². The standard InChI is InChI=1S/C20H16N2/c1-14-19(17(12-21)15-8-4-2-5-9-15)20(14)18(13-22)16-10-6-3-7-11-16/h2-11,17-20H,1H2. The molecule has 0 spiro atoms. The number of benzene rings is 2. The highest BCUT2D eigenvalue weighted by Gasteiger charge is 2.52. The summed E-state index contributed by atoms with van der Waals surface area (Å²) in [5.74, 6) is -0.314. The van der Waals surface area contributed by atoms with Gasteiger partial charge in [0.25, 0.3) is 0 Å². The molecule has 0 radical (unpaired) electrons. The van der Waals surface area contributed by atoms with Crippen LogP contribution >= 0.6 is 0 Å². The molecule has 1 saturated carbocycles. The Morgan fingerprint density at radius 2 is 1.09 bits per heavy atom. The van der Waals surface area contributed by atoms with Gasteiger partial charge in [-0.1, -0.05) is 72.8 Å². The second-order valence-corrected chi connectivity index (χ2v) is 5.66. The molecule has 1 fully saturated rings. The first-order chi connectivity index (χ1) is 10.8. The number of hydrogen-bond donors (Lipinski definition) is 0. The van der Waals surface area contributed by atoms with Crippen LogP contribution in [0.1, 0.15) is 23.0 Å². The van der Waals surface area contributed by atoms with Crippen LogP contribution in [0.2, 0.25) is 0 Å². The van der Waals surface area contributed by atoms with E-state index in [1.807, 2.05) is 60.7 Å². The highest BCUT2D eigenvalue weighted by Crippen LogP contribution is 2.58. The second-order valence-electron chi connectivity index (χ2n) is 5.66. The lowest BCUT2D eigenvalue weighted by molar-refractivity contribution is 0.610. The van der Waals surface area contributed by atoms with Crippen molar-refractivity contribution < 1.29 is 0 Å². The highest BCUT2D eigenvalue weighted by molar-refractivity contribution is 5.45. The fourth-order valence-corrected chi connectivity index (χ4v) is 3.25. The molecule has 2 heteroatoms. The van der Waals surface area contributed by atoms with Gasteiger partial charge in [-0.25, -0.2) is 0 Å². The molecular weight excluding hydrogens is 268 g/mol. The average Bonchev–Trinajstić information content (AvgIpc) is 3.22. The number of nitrogens with zero attached hydrogens (tertiary/aromatic N) is 2. The third-order valence-corrected chi connectivity index (χ3v) is 4.45. The van der Waals surface area contributed by atoms with Crippen LogP contribution in [0.4, 0.5) is 0 Å². The summed E-state index contributed by atoms with van der Waals surface area (Å²) >= 11 is 0. The Bertz CT molecular complexity index is 684. The van der Waals surface area contributed by atoms with Crippen molar-refractivity contribution in [2.75, 3.05) is 0 Å². The summed E-state index contributed by atoms with van der Waals surface area (Å²) < 4.78 is 0. The summed E-state index contributed by atoms with van der Waals surface area (Å²) in [6, 6.07) is 24.4. The van der Waals surface area contributed by atoms with E-state index < -0.39 is 0 Å². The molecule has 0 amide bonds. The Morgan fingerprint density at radius 1 is 0.727 bits per heavy atom. The van der Waals surface area contributed by atoms with Gasteiger partial charge in [-0.2, -0.15) is 10.5 Å². The van der Waals surface area contributed by atoms with E-state index in [2.05, 4.69) is 18.7 Å². The van der Waals surface area contributed by atoms with Gasteiger partial charge in [0.2, 0.25) is 0 Å². The molecule has 0 aliphatic heterocycles. The van der Waals surface area contributed by atoms with Crippen molar-refractivity contribution >= 4 is 0 Å². The Labute approximate surface area is 130 Å². The van der Waals surface area contributed by atoms with Gasteiger partial charge in [-0.15, -0.1) is 0 Å². The lowest BCUT2D eigenvalue weighted by atomic mass is 9.89. The van der Waals surface area contributed by atoms with E-state index in [1.165, 1.54) is 0 Å². The molecular formula is C20H16N2. The molecule has 4 unspecified atom stereocenters. The normalized spacial score (nSPS) is 22.2. The number of allylic oxidation sites excluding steroid dienone is 1.